The van der Waals surface area contributed by atoms with E-state index in [0.29, 0.717) is 11.3 Å². The number of thioether (sulfide) groups is 1. The van der Waals surface area contributed by atoms with Gasteiger partial charge in [-0.3, -0.25) is 9.59 Å². The minimum atomic E-state index is -0.257. The molecule has 2 aromatic rings. The lowest BCUT2D eigenvalue weighted by atomic mass is 10.1. The van der Waals surface area contributed by atoms with Gasteiger partial charge in [-0.15, -0.1) is 11.8 Å². The van der Waals surface area contributed by atoms with E-state index >= 15 is 0 Å². The predicted octanol–water partition coefficient (Wildman–Crippen LogP) is 3.70. The van der Waals surface area contributed by atoms with Crippen LogP contribution in [-0.2, 0) is 4.79 Å². The van der Waals surface area contributed by atoms with E-state index in [2.05, 4.69) is 10.6 Å². The zero-order chi connectivity index (χ0) is 16.9. The summed E-state index contributed by atoms with van der Waals surface area (Å²) in [7, 11) is 0. The number of benzene rings is 2. The van der Waals surface area contributed by atoms with E-state index in [-0.39, 0.29) is 23.1 Å². The van der Waals surface area contributed by atoms with E-state index in [9.17, 15) is 9.59 Å². The third-order valence-corrected chi connectivity index (χ3v) is 4.88. The summed E-state index contributed by atoms with van der Waals surface area (Å²) < 4.78 is 0. The number of hydrogen-bond donors (Lipinski definition) is 2. The maximum Gasteiger partial charge on any atom is 0.253 e. The van der Waals surface area contributed by atoms with Crippen LogP contribution in [0.1, 0.15) is 30.1 Å². The second-order valence-corrected chi connectivity index (χ2v) is 7.27. The van der Waals surface area contributed by atoms with Crippen LogP contribution in [-0.4, -0.2) is 23.1 Å². The Labute approximate surface area is 146 Å². The van der Waals surface area contributed by atoms with Crippen molar-refractivity contribution >= 4 is 29.3 Å². The van der Waals surface area contributed by atoms with Crippen molar-refractivity contribution in [3.63, 3.8) is 0 Å². The fraction of sp³-hybridized carbons (Fsp3) is 0.263. The molecule has 5 heteroatoms. The van der Waals surface area contributed by atoms with Gasteiger partial charge in [0.05, 0.1) is 16.5 Å². The molecule has 0 spiro atoms. The van der Waals surface area contributed by atoms with E-state index in [1.807, 2.05) is 43.3 Å². The molecule has 1 fully saturated rings. The van der Waals surface area contributed by atoms with Gasteiger partial charge < -0.3 is 10.6 Å². The van der Waals surface area contributed by atoms with Crippen molar-refractivity contribution in [1.82, 2.24) is 5.32 Å². The molecule has 0 aliphatic heterocycles. The first kappa shape index (κ1) is 16.6. The molecule has 0 saturated heterocycles. The molecular weight excluding hydrogens is 320 g/mol. The Kier molecular flexibility index (Phi) is 5.20. The Morgan fingerprint density at radius 1 is 1.04 bits per heavy atom. The van der Waals surface area contributed by atoms with Crippen molar-refractivity contribution < 1.29 is 9.59 Å². The van der Waals surface area contributed by atoms with Gasteiger partial charge in [-0.1, -0.05) is 30.3 Å². The lowest BCUT2D eigenvalue weighted by Crippen LogP contribution is -2.28. The smallest absolute Gasteiger partial charge is 0.253 e. The second kappa shape index (κ2) is 7.53. The normalized spacial score (nSPS) is 14.7. The predicted molar refractivity (Wildman–Crippen MR) is 97.3 cm³/mol. The molecule has 1 aliphatic carbocycles. The largest absolute Gasteiger partial charge is 0.349 e. The van der Waals surface area contributed by atoms with Crippen LogP contribution in [0.4, 0.5) is 5.69 Å². The molecule has 1 atom stereocenters. The quantitative estimate of drug-likeness (QED) is 0.788. The molecule has 3 rings (SSSR count). The summed E-state index contributed by atoms with van der Waals surface area (Å²) in [5.74, 6) is -0.243. The Morgan fingerprint density at radius 3 is 2.42 bits per heavy atom. The number of nitrogens with one attached hydrogen (secondary N) is 2. The maximum atomic E-state index is 12.5. The Morgan fingerprint density at radius 2 is 1.71 bits per heavy atom. The molecule has 1 unspecified atom stereocenters. The van der Waals surface area contributed by atoms with Gasteiger partial charge in [0.25, 0.3) is 5.91 Å². The van der Waals surface area contributed by atoms with Crippen molar-refractivity contribution in [1.29, 1.82) is 0 Å². The van der Waals surface area contributed by atoms with Gasteiger partial charge in [-0.25, -0.2) is 0 Å². The third-order valence-electron chi connectivity index (χ3n) is 3.77. The number of amides is 2. The zero-order valence-electron chi connectivity index (χ0n) is 13.5. The number of para-hydroxylation sites is 1. The molecule has 0 heterocycles. The van der Waals surface area contributed by atoms with Crippen molar-refractivity contribution in [2.75, 3.05) is 5.32 Å². The van der Waals surface area contributed by atoms with Gasteiger partial charge in [0, 0.05) is 10.9 Å². The molecule has 2 amide bonds. The monoisotopic (exact) mass is 340 g/mol. The summed E-state index contributed by atoms with van der Waals surface area (Å²) in [5, 5.41) is 5.58. The molecule has 0 bridgehead atoms. The summed E-state index contributed by atoms with van der Waals surface area (Å²) >= 11 is 1.49. The summed E-state index contributed by atoms with van der Waals surface area (Å²) in [5.41, 5.74) is 1.07. The summed E-state index contributed by atoms with van der Waals surface area (Å²) in [6.45, 7) is 1.86. The van der Waals surface area contributed by atoms with Crippen LogP contribution in [0.25, 0.3) is 0 Å². The average molecular weight is 340 g/mol. The number of hydrogen-bond acceptors (Lipinski definition) is 3. The highest BCUT2D eigenvalue weighted by Gasteiger charge is 2.25. The Bertz CT molecular complexity index is 729. The first-order valence-corrected chi connectivity index (χ1v) is 8.94. The van der Waals surface area contributed by atoms with Crippen molar-refractivity contribution in [3.05, 3.63) is 60.2 Å². The van der Waals surface area contributed by atoms with Crippen LogP contribution in [0.15, 0.2) is 59.5 Å². The highest BCUT2D eigenvalue weighted by molar-refractivity contribution is 8.00. The van der Waals surface area contributed by atoms with Crippen LogP contribution in [0, 0.1) is 0 Å². The first-order chi connectivity index (χ1) is 11.6. The molecule has 2 aromatic carbocycles. The van der Waals surface area contributed by atoms with E-state index < -0.39 is 0 Å². The van der Waals surface area contributed by atoms with E-state index in [1.165, 1.54) is 11.8 Å². The lowest BCUT2D eigenvalue weighted by molar-refractivity contribution is -0.115. The standard InChI is InChI=1S/C19H20N2O2S/c1-13(24-15-7-3-2-4-8-15)18(22)21-17-10-6-5-9-16(17)19(23)20-14-11-12-14/h2-10,13-14H,11-12H2,1H3,(H,20,23)(H,21,22). The summed E-state index contributed by atoms with van der Waals surface area (Å²) in [6, 6.07) is 17.2. The topological polar surface area (TPSA) is 58.2 Å². The molecule has 0 radical (unpaired) electrons. The highest BCUT2D eigenvalue weighted by atomic mass is 32.2. The molecule has 4 nitrogen and oxygen atoms in total. The molecule has 124 valence electrons. The van der Waals surface area contributed by atoms with Crippen LogP contribution >= 0.6 is 11.8 Å². The lowest BCUT2D eigenvalue weighted by Gasteiger charge is -2.14. The molecular formula is C19H20N2O2S. The summed E-state index contributed by atoms with van der Waals surface area (Å²) in [4.78, 5) is 25.8. The van der Waals surface area contributed by atoms with Crippen LogP contribution in [0.2, 0.25) is 0 Å². The van der Waals surface area contributed by atoms with Crippen molar-refractivity contribution in [3.8, 4) is 0 Å². The Balaban J connectivity index is 1.66. The minimum absolute atomic E-state index is 0.115. The van der Waals surface area contributed by atoms with Crippen molar-refractivity contribution in [2.24, 2.45) is 0 Å². The fourth-order valence-corrected chi connectivity index (χ4v) is 3.16. The van der Waals surface area contributed by atoms with E-state index in [1.54, 1.807) is 18.2 Å². The molecule has 1 saturated carbocycles. The zero-order valence-corrected chi connectivity index (χ0v) is 14.3. The average Bonchev–Trinajstić information content (AvgIpc) is 3.40. The minimum Gasteiger partial charge on any atom is -0.349 e. The number of anilines is 1. The van der Waals surface area contributed by atoms with Gasteiger partial charge >= 0.3 is 0 Å². The van der Waals surface area contributed by atoms with Crippen molar-refractivity contribution in [2.45, 2.75) is 36.0 Å². The van der Waals surface area contributed by atoms with E-state index in [0.717, 1.165) is 17.7 Å². The molecule has 2 N–H and O–H groups in total. The van der Waals surface area contributed by atoms with Gasteiger partial charge in [0.2, 0.25) is 5.91 Å². The number of carbonyl (C=O) groups is 2. The van der Waals surface area contributed by atoms with Crippen LogP contribution < -0.4 is 10.6 Å². The molecule has 1 aliphatic rings. The Hall–Kier alpha value is -2.27. The SMILES string of the molecule is CC(Sc1ccccc1)C(=O)Nc1ccccc1C(=O)NC1CC1. The number of carbonyl (C=O) groups excluding carboxylic acids is 2. The third kappa shape index (κ3) is 4.38. The second-order valence-electron chi connectivity index (χ2n) is 5.86. The number of rotatable bonds is 6. The van der Waals surface area contributed by atoms with Crippen LogP contribution in [0.3, 0.4) is 0 Å². The molecule has 24 heavy (non-hydrogen) atoms. The van der Waals surface area contributed by atoms with Gasteiger partial charge in [0.15, 0.2) is 0 Å². The fourth-order valence-electron chi connectivity index (χ4n) is 2.27. The van der Waals surface area contributed by atoms with Crippen LogP contribution in [0.5, 0.6) is 0 Å². The van der Waals surface area contributed by atoms with Gasteiger partial charge in [-0.05, 0) is 44.0 Å². The first-order valence-electron chi connectivity index (χ1n) is 8.06. The van der Waals surface area contributed by atoms with Gasteiger partial charge in [-0.2, -0.15) is 0 Å². The summed E-state index contributed by atoms with van der Waals surface area (Å²) in [6.07, 6.45) is 2.07. The van der Waals surface area contributed by atoms with E-state index in [4.69, 9.17) is 0 Å². The molecule has 0 aromatic heterocycles. The highest BCUT2D eigenvalue weighted by Crippen LogP contribution is 2.25. The maximum absolute atomic E-state index is 12.5. The van der Waals surface area contributed by atoms with Gasteiger partial charge in [0.1, 0.15) is 0 Å².